The highest BCUT2D eigenvalue weighted by Crippen LogP contribution is 2.24. The number of likely N-dealkylation sites (tertiary alicyclic amines) is 1. The number of hydrogen-bond acceptors (Lipinski definition) is 6. The van der Waals surface area contributed by atoms with E-state index in [1.807, 2.05) is 0 Å². The average molecular weight is 460 g/mol. The molecule has 32 heavy (non-hydrogen) atoms. The molecule has 0 aromatic heterocycles. The SMILES string of the molecule is O=C(Nc1ccc(N2CCOCC2=O)cc1)O[C@@H]1C[C@@H](O)CN1C(=O)c1ccc(Cl)cc1. The van der Waals surface area contributed by atoms with Crippen molar-refractivity contribution in [2.75, 3.05) is 36.5 Å². The molecule has 2 N–H and O–H groups in total. The number of ether oxygens (including phenoxy) is 2. The first-order chi connectivity index (χ1) is 15.4. The van der Waals surface area contributed by atoms with Gasteiger partial charge in [0.05, 0.1) is 19.3 Å². The van der Waals surface area contributed by atoms with Gasteiger partial charge in [0, 0.05) is 34.9 Å². The van der Waals surface area contributed by atoms with E-state index in [1.165, 1.54) is 4.90 Å². The first-order valence-corrected chi connectivity index (χ1v) is 10.5. The Morgan fingerprint density at radius 2 is 1.84 bits per heavy atom. The van der Waals surface area contributed by atoms with Gasteiger partial charge >= 0.3 is 6.09 Å². The Hall–Kier alpha value is -3.14. The molecule has 168 valence electrons. The number of aliphatic hydroxyl groups excluding tert-OH is 1. The Bertz CT molecular complexity index is 998. The molecule has 2 aromatic carbocycles. The van der Waals surface area contributed by atoms with E-state index in [0.29, 0.717) is 35.1 Å². The van der Waals surface area contributed by atoms with E-state index in [1.54, 1.807) is 53.4 Å². The number of amides is 3. The Balaban J connectivity index is 1.37. The number of anilines is 2. The molecule has 0 bridgehead atoms. The fourth-order valence-electron chi connectivity index (χ4n) is 3.65. The predicted molar refractivity (Wildman–Crippen MR) is 117 cm³/mol. The highest BCUT2D eigenvalue weighted by Gasteiger charge is 2.37. The maximum Gasteiger partial charge on any atom is 0.413 e. The van der Waals surface area contributed by atoms with Crippen LogP contribution >= 0.6 is 11.6 Å². The Kier molecular flexibility index (Phi) is 6.59. The van der Waals surface area contributed by atoms with Gasteiger partial charge < -0.3 is 24.4 Å². The third-order valence-electron chi connectivity index (χ3n) is 5.24. The van der Waals surface area contributed by atoms with Crippen LogP contribution < -0.4 is 10.2 Å². The lowest BCUT2D eigenvalue weighted by Gasteiger charge is -2.27. The van der Waals surface area contributed by atoms with Crippen molar-refractivity contribution >= 4 is 40.9 Å². The van der Waals surface area contributed by atoms with Crippen LogP contribution in [-0.2, 0) is 14.3 Å². The van der Waals surface area contributed by atoms with Crippen LogP contribution in [0, 0.1) is 0 Å². The zero-order valence-corrected chi connectivity index (χ0v) is 17.8. The second-order valence-electron chi connectivity index (χ2n) is 7.48. The van der Waals surface area contributed by atoms with Gasteiger partial charge in [0.25, 0.3) is 11.8 Å². The van der Waals surface area contributed by atoms with Gasteiger partial charge in [-0.05, 0) is 48.5 Å². The lowest BCUT2D eigenvalue weighted by atomic mass is 10.2. The highest BCUT2D eigenvalue weighted by atomic mass is 35.5. The largest absolute Gasteiger partial charge is 0.425 e. The molecule has 2 heterocycles. The molecule has 2 atom stereocenters. The standard InChI is InChI=1S/C22H22ClN3O6/c23-15-3-1-14(2-4-15)21(29)26-12-18(27)11-20(26)32-22(30)24-16-5-7-17(8-6-16)25-9-10-31-13-19(25)28/h1-8,18,20,27H,9-13H2,(H,24,30)/t18-,20-/m1/s1. The van der Waals surface area contributed by atoms with Crippen LogP contribution in [0.2, 0.25) is 5.02 Å². The number of halogens is 1. The monoisotopic (exact) mass is 459 g/mol. The molecule has 2 aromatic rings. The summed E-state index contributed by atoms with van der Waals surface area (Å²) >= 11 is 5.87. The molecule has 2 saturated heterocycles. The molecule has 4 rings (SSSR count). The minimum atomic E-state index is -0.904. The summed E-state index contributed by atoms with van der Waals surface area (Å²) in [6.07, 6.45) is -2.34. The van der Waals surface area contributed by atoms with Crippen LogP contribution in [0.4, 0.5) is 16.2 Å². The highest BCUT2D eigenvalue weighted by molar-refractivity contribution is 6.30. The summed E-state index contributed by atoms with van der Waals surface area (Å²) in [5, 5.41) is 13.1. The predicted octanol–water partition coefficient (Wildman–Crippen LogP) is 2.48. The normalized spacial score (nSPS) is 20.9. The first-order valence-electron chi connectivity index (χ1n) is 10.1. The van der Waals surface area contributed by atoms with Crippen LogP contribution in [0.15, 0.2) is 48.5 Å². The number of benzene rings is 2. The van der Waals surface area contributed by atoms with Crippen LogP contribution in [0.3, 0.4) is 0 Å². The van der Waals surface area contributed by atoms with Gasteiger partial charge in [0.15, 0.2) is 6.23 Å². The molecule has 0 spiro atoms. The second-order valence-corrected chi connectivity index (χ2v) is 7.92. The second kappa shape index (κ2) is 9.56. The number of aliphatic hydroxyl groups is 1. The third kappa shape index (κ3) is 5.01. The van der Waals surface area contributed by atoms with E-state index in [2.05, 4.69) is 5.32 Å². The summed E-state index contributed by atoms with van der Waals surface area (Å²) < 4.78 is 10.5. The molecule has 2 aliphatic rings. The zero-order valence-electron chi connectivity index (χ0n) is 17.1. The Labute approximate surface area is 189 Å². The molecule has 0 radical (unpaired) electrons. The van der Waals surface area contributed by atoms with Crippen molar-refractivity contribution in [1.29, 1.82) is 0 Å². The Morgan fingerprint density at radius 1 is 1.12 bits per heavy atom. The van der Waals surface area contributed by atoms with Gasteiger partial charge in [-0.3, -0.25) is 14.9 Å². The van der Waals surface area contributed by atoms with Crippen molar-refractivity contribution in [2.24, 2.45) is 0 Å². The van der Waals surface area contributed by atoms with E-state index >= 15 is 0 Å². The number of nitrogens with zero attached hydrogens (tertiary/aromatic N) is 2. The minimum absolute atomic E-state index is 0.0464. The molecule has 0 aliphatic carbocycles. The lowest BCUT2D eigenvalue weighted by Crippen LogP contribution is -2.41. The lowest BCUT2D eigenvalue weighted by molar-refractivity contribution is -0.125. The molecule has 2 fully saturated rings. The number of rotatable bonds is 4. The topological polar surface area (TPSA) is 108 Å². The number of nitrogens with one attached hydrogen (secondary N) is 1. The molecule has 9 nitrogen and oxygen atoms in total. The van der Waals surface area contributed by atoms with Gasteiger partial charge in [0.1, 0.15) is 6.61 Å². The number of carbonyl (C=O) groups excluding carboxylic acids is 3. The van der Waals surface area contributed by atoms with Crippen molar-refractivity contribution < 1.29 is 29.0 Å². The summed E-state index contributed by atoms with van der Waals surface area (Å²) in [5.74, 6) is -0.489. The summed E-state index contributed by atoms with van der Waals surface area (Å²) in [6.45, 7) is 1.04. The number of carbonyl (C=O) groups is 3. The van der Waals surface area contributed by atoms with E-state index in [4.69, 9.17) is 21.1 Å². The maximum atomic E-state index is 12.8. The summed E-state index contributed by atoms with van der Waals surface area (Å²) in [5.41, 5.74) is 1.55. The molecule has 10 heteroatoms. The quantitative estimate of drug-likeness (QED) is 0.727. The van der Waals surface area contributed by atoms with Gasteiger partial charge in [-0.25, -0.2) is 4.79 Å². The minimum Gasteiger partial charge on any atom is -0.425 e. The van der Waals surface area contributed by atoms with Gasteiger partial charge in [-0.2, -0.15) is 0 Å². The number of morpholine rings is 1. The third-order valence-corrected chi connectivity index (χ3v) is 5.49. The number of hydrogen-bond donors (Lipinski definition) is 2. The van der Waals surface area contributed by atoms with Crippen molar-refractivity contribution in [3.05, 3.63) is 59.1 Å². The van der Waals surface area contributed by atoms with E-state index in [0.717, 1.165) is 0 Å². The summed E-state index contributed by atoms with van der Waals surface area (Å²) in [4.78, 5) is 40.1. The molecule has 3 amide bonds. The summed E-state index contributed by atoms with van der Waals surface area (Å²) in [7, 11) is 0. The molecular formula is C22H22ClN3O6. The zero-order chi connectivity index (χ0) is 22.7. The van der Waals surface area contributed by atoms with Crippen molar-refractivity contribution in [2.45, 2.75) is 18.8 Å². The fraction of sp³-hybridized carbons (Fsp3) is 0.318. The van der Waals surface area contributed by atoms with Gasteiger partial charge in [-0.15, -0.1) is 0 Å². The van der Waals surface area contributed by atoms with Gasteiger partial charge in [0.2, 0.25) is 0 Å². The average Bonchev–Trinajstić information content (AvgIpc) is 3.14. The van der Waals surface area contributed by atoms with Gasteiger partial charge in [-0.1, -0.05) is 11.6 Å². The van der Waals surface area contributed by atoms with E-state index < -0.39 is 18.4 Å². The number of β-amino-alcohol motifs (C(OH)–C–C–N with tert-alkyl or cyclic N) is 1. The summed E-state index contributed by atoms with van der Waals surface area (Å²) in [6, 6.07) is 13.1. The Morgan fingerprint density at radius 3 is 2.53 bits per heavy atom. The van der Waals surface area contributed by atoms with Crippen LogP contribution in [0.1, 0.15) is 16.8 Å². The molecule has 2 aliphatic heterocycles. The molecule has 0 unspecified atom stereocenters. The van der Waals surface area contributed by atoms with Crippen LogP contribution in [0.25, 0.3) is 0 Å². The van der Waals surface area contributed by atoms with Crippen molar-refractivity contribution in [3.8, 4) is 0 Å². The van der Waals surface area contributed by atoms with Crippen molar-refractivity contribution in [1.82, 2.24) is 4.90 Å². The molecular weight excluding hydrogens is 438 g/mol. The van der Waals surface area contributed by atoms with E-state index in [9.17, 15) is 19.5 Å². The first kappa shape index (κ1) is 22.1. The maximum absolute atomic E-state index is 12.8. The van der Waals surface area contributed by atoms with Crippen molar-refractivity contribution in [3.63, 3.8) is 0 Å². The van der Waals surface area contributed by atoms with Crippen LogP contribution in [0.5, 0.6) is 0 Å². The van der Waals surface area contributed by atoms with E-state index in [-0.39, 0.29) is 31.4 Å². The molecule has 0 saturated carbocycles. The fourth-order valence-corrected chi connectivity index (χ4v) is 3.78. The van der Waals surface area contributed by atoms with Crippen LogP contribution in [-0.4, -0.2) is 66.5 Å². The smallest absolute Gasteiger partial charge is 0.413 e.